The molecule has 0 saturated heterocycles. The lowest BCUT2D eigenvalue weighted by molar-refractivity contribution is 0.811. The minimum atomic E-state index is -0.0183. The van der Waals surface area contributed by atoms with Crippen molar-refractivity contribution in [3.05, 3.63) is 29.6 Å². The molecule has 0 aliphatic rings. The molecule has 1 aromatic rings. The van der Waals surface area contributed by atoms with Crippen molar-refractivity contribution < 1.29 is 0 Å². The highest BCUT2D eigenvalue weighted by molar-refractivity contribution is 5.85. The summed E-state index contributed by atoms with van der Waals surface area (Å²) in [6.45, 7) is 1.88. The van der Waals surface area contributed by atoms with E-state index in [0.717, 1.165) is 5.56 Å². The normalized spacial score (nSPS) is 11.1. The molecular formula is C8H10ClN3. The molecule has 0 aromatic carbocycles. The zero-order valence-electron chi connectivity index (χ0n) is 6.69. The first kappa shape index (κ1) is 10.9. The van der Waals surface area contributed by atoms with Crippen LogP contribution in [0.15, 0.2) is 18.3 Å². The molecule has 0 saturated carbocycles. The standard InChI is InChI=1S/C8H9N3.ClH/c1-6(10)7-2-3-8(4-9)11-5-7;/h2-3,5-6H,10H2,1H3;1H/t6-;/m0./s1. The van der Waals surface area contributed by atoms with Crippen molar-refractivity contribution in [1.82, 2.24) is 4.98 Å². The van der Waals surface area contributed by atoms with E-state index < -0.39 is 0 Å². The molecule has 3 nitrogen and oxygen atoms in total. The molecule has 0 spiro atoms. The van der Waals surface area contributed by atoms with Gasteiger partial charge in [0.2, 0.25) is 0 Å². The minimum Gasteiger partial charge on any atom is -0.324 e. The van der Waals surface area contributed by atoms with Crippen LogP contribution >= 0.6 is 12.4 Å². The van der Waals surface area contributed by atoms with E-state index in [1.807, 2.05) is 19.1 Å². The van der Waals surface area contributed by atoms with Gasteiger partial charge in [-0.25, -0.2) is 4.98 Å². The number of aromatic nitrogens is 1. The maximum absolute atomic E-state index is 8.42. The predicted molar refractivity (Wildman–Crippen MR) is 48.8 cm³/mol. The number of nitrogens with zero attached hydrogens (tertiary/aromatic N) is 2. The fourth-order valence-electron chi connectivity index (χ4n) is 0.741. The molecule has 64 valence electrons. The second-order valence-corrected chi connectivity index (χ2v) is 2.38. The summed E-state index contributed by atoms with van der Waals surface area (Å²) in [5.74, 6) is 0. The summed E-state index contributed by atoms with van der Waals surface area (Å²) >= 11 is 0. The Kier molecular flexibility index (Phi) is 4.27. The summed E-state index contributed by atoms with van der Waals surface area (Å²) in [5, 5.41) is 8.42. The van der Waals surface area contributed by atoms with Gasteiger partial charge in [-0.3, -0.25) is 0 Å². The lowest BCUT2D eigenvalue weighted by Crippen LogP contribution is -2.05. The van der Waals surface area contributed by atoms with Gasteiger partial charge in [-0.15, -0.1) is 12.4 Å². The van der Waals surface area contributed by atoms with Crippen molar-refractivity contribution in [3.8, 4) is 6.07 Å². The first-order valence-electron chi connectivity index (χ1n) is 3.35. The van der Waals surface area contributed by atoms with E-state index in [1.165, 1.54) is 0 Å². The molecule has 12 heavy (non-hydrogen) atoms. The smallest absolute Gasteiger partial charge is 0.140 e. The van der Waals surface area contributed by atoms with Gasteiger partial charge in [-0.2, -0.15) is 5.26 Å². The molecule has 2 N–H and O–H groups in total. The Balaban J connectivity index is 0.00000121. The average Bonchev–Trinajstić information content (AvgIpc) is 2.05. The van der Waals surface area contributed by atoms with Crippen LogP contribution in [-0.2, 0) is 0 Å². The van der Waals surface area contributed by atoms with Crippen LogP contribution in [0.2, 0.25) is 0 Å². The van der Waals surface area contributed by atoms with Gasteiger partial charge < -0.3 is 5.73 Å². The van der Waals surface area contributed by atoms with E-state index in [2.05, 4.69) is 4.98 Å². The first-order chi connectivity index (χ1) is 5.24. The molecule has 0 unspecified atom stereocenters. The fraction of sp³-hybridized carbons (Fsp3) is 0.250. The molecule has 1 atom stereocenters. The Hall–Kier alpha value is -1.11. The zero-order chi connectivity index (χ0) is 8.27. The van der Waals surface area contributed by atoms with Gasteiger partial charge in [0.05, 0.1) is 0 Å². The van der Waals surface area contributed by atoms with Gasteiger partial charge in [0, 0.05) is 12.2 Å². The van der Waals surface area contributed by atoms with Crippen molar-refractivity contribution in [2.24, 2.45) is 5.73 Å². The van der Waals surface area contributed by atoms with Gasteiger partial charge in [0.25, 0.3) is 0 Å². The highest BCUT2D eigenvalue weighted by atomic mass is 35.5. The summed E-state index contributed by atoms with van der Waals surface area (Å²) in [6, 6.07) is 5.40. The predicted octanol–water partition coefficient (Wildman–Crippen LogP) is 1.39. The number of rotatable bonds is 1. The van der Waals surface area contributed by atoms with Gasteiger partial charge >= 0.3 is 0 Å². The highest BCUT2D eigenvalue weighted by Crippen LogP contribution is 2.06. The molecule has 0 aliphatic heterocycles. The Morgan fingerprint density at radius 1 is 1.58 bits per heavy atom. The third-order valence-electron chi connectivity index (χ3n) is 1.43. The lowest BCUT2D eigenvalue weighted by atomic mass is 10.1. The van der Waals surface area contributed by atoms with E-state index in [0.29, 0.717) is 5.69 Å². The number of pyridine rings is 1. The van der Waals surface area contributed by atoms with Crippen molar-refractivity contribution in [1.29, 1.82) is 5.26 Å². The summed E-state index contributed by atoms with van der Waals surface area (Å²) in [6.07, 6.45) is 1.63. The Morgan fingerprint density at radius 3 is 2.58 bits per heavy atom. The highest BCUT2D eigenvalue weighted by Gasteiger charge is 1.98. The topological polar surface area (TPSA) is 62.7 Å². The van der Waals surface area contributed by atoms with Crippen LogP contribution in [0.4, 0.5) is 0 Å². The second kappa shape index (κ2) is 4.70. The van der Waals surface area contributed by atoms with Crippen LogP contribution in [-0.4, -0.2) is 4.98 Å². The van der Waals surface area contributed by atoms with Crippen LogP contribution < -0.4 is 5.73 Å². The maximum Gasteiger partial charge on any atom is 0.140 e. The third-order valence-corrected chi connectivity index (χ3v) is 1.43. The molecule has 0 radical (unpaired) electrons. The molecule has 1 heterocycles. The fourth-order valence-corrected chi connectivity index (χ4v) is 0.741. The minimum absolute atomic E-state index is 0. The molecule has 1 aromatic heterocycles. The van der Waals surface area contributed by atoms with Crippen LogP contribution in [0.5, 0.6) is 0 Å². The Labute approximate surface area is 77.6 Å². The monoisotopic (exact) mass is 183 g/mol. The summed E-state index contributed by atoms with van der Waals surface area (Å²) < 4.78 is 0. The number of halogens is 1. The van der Waals surface area contributed by atoms with E-state index in [-0.39, 0.29) is 18.4 Å². The van der Waals surface area contributed by atoms with Crippen LogP contribution in [0.1, 0.15) is 24.2 Å². The van der Waals surface area contributed by atoms with Crippen molar-refractivity contribution in [2.75, 3.05) is 0 Å². The molecule has 1 rings (SSSR count). The van der Waals surface area contributed by atoms with Gasteiger partial charge in [0.15, 0.2) is 0 Å². The summed E-state index contributed by atoms with van der Waals surface area (Å²) in [4.78, 5) is 3.88. The first-order valence-corrected chi connectivity index (χ1v) is 3.35. The van der Waals surface area contributed by atoms with Gasteiger partial charge in [-0.1, -0.05) is 6.07 Å². The van der Waals surface area contributed by atoms with E-state index in [1.54, 1.807) is 12.3 Å². The SMILES string of the molecule is C[C@H](N)c1ccc(C#N)nc1.Cl. The average molecular weight is 184 g/mol. The number of nitrogens with two attached hydrogens (primary N) is 1. The van der Waals surface area contributed by atoms with E-state index in [4.69, 9.17) is 11.0 Å². The van der Waals surface area contributed by atoms with E-state index >= 15 is 0 Å². The molecule has 0 bridgehead atoms. The molecule has 0 fully saturated rings. The van der Waals surface area contributed by atoms with Crippen LogP contribution in [0.25, 0.3) is 0 Å². The summed E-state index contributed by atoms with van der Waals surface area (Å²) in [7, 11) is 0. The largest absolute Gasteiger partial charge is 0.324 e. The molecule has 0 aliphatic carbocycles. The number of nitriles is 1. The number of hydrogen-bond acceptors (Lipinski definition) is 3. The van der Waals surface area contributed by atoms with Crippen molar-refractivity contribution >= 4 is 12.4 Å². The molecular weight excluding hydrogens is 174 g/mol. The van der Waals surface area contributed by atoms with E-state index in [9.17, 15) is 0 Å². The Morgan fingerprint density at radius 2 is 2.25 bits per heavy atom. The Bertz CT molecular complexity index is 273. The van der Waals surface area contributed by atoms with Crippen LogP contribution in [0, 0.1) is 11.3 Å². The van der Waals surface area contributed by atoms with Crippen LogP contribution in [0.3, 0.4) is 0 Å². The van der Waals surface area contributed by atoms with Gasteiger partial charge in [-0.05, 0) is 18.6 Å². The van der Waals surface area contributed by atoms with Crippen molar-refractivity contribution in [2.45, 2.75) is 13.0 Å². The second-order valence-electron chi connectivity index (χ2n) is 2.38. The molecule has 4 heteroatoms. The molecule has 0 amide bonds. The lowest BCUT2D eigenvalue weighted by Gasteiger charge is -2.02. The maximum atomic E-state index is 8.42. The summed E-state index contributed by atoms with van der Waals surface area (Å²) in [5.41, 5.74) is 6.96. The number of hydrogen-bond donors (Lipinski definition) is 1. The van der Waals surface area contributed by atoms with Gasteiger partial charge in [0.1, 0.15) is 11.8 Å². The zero-order valence-corrected chi connectivity index (χ0v) is 7.51. The van der Waals surface area contributed by atoms with Crippen molar-refractivity contribution in [3.63, 3.8) is 0 Å². The quantitative estimate of drug-likeness (QED) is 0.716. The third kappa shape index (κ3) is 2.50.